The first-order valence-corrected chi connectivity index (χ1v) is 24.4. The molecule has 3 nitrogen and oxygen atoms in total. The van der Waals surface area contributed by atoms with Gasteiger partial charge in [0.05, 0.1) is 5.69 Å². The quantitative estimate of drug-likeness (QED) is 0.0489. The minimum absolute atomic E-state index is 0.506. The Morgan fingerprint density at radius 1 is 0.438 bits per heavy atom. The van der Waals surface area contributed by atoms with Crippen LogP contribution in [-0.2, 0) is 5.88 Å². The van der Waals surface area contributed by atoms with Crippen LogP contribution in [0.4, 0.5) is 17.1 Å². The second-order valence-corrected chi connectivity index (χ2v) is 18.2. The fraction of sp³-hybridized carbons (Fsp3) is 0.267. The van der Waals surface area contributed by atoms with E-state index in [1.54, 1.807) is 0 Å². The summed E-state index contributed by atoms with van der Waals surface area (Å²) in [6.07, 6.45) is 15.7. The number of benzene rings is 8. The molecule has 0 amide bonds. The monoisotopic (exact) mass is 859 g/mol. The van der Waals surface area contributed by atoms with Crippen LogP contribution in [0.15, 0.2) is 160 Å². The number of alkyl halides is 1. The Balaban J connectivity index is 1.06. The van der Waals surface area contributed by atoms with Crippen molar-refractivity contribution < 1.29 is 8.83 Å². The van der Waals surface area contributed by atoms with E-state index < -0.39 is 0 Å². The number of anilines is 3. The van der Waals surface area contributed by atoms with Crippen LogP contribution in [-0.4, -0.2) is 0 Å². The van der Waals surface area contributed by atoms with Crippen LogP contribution in [0.3, 0.4) is 0 Å². The molecule has 0 spiro atoms. The molecule has 0 radical (unpaired) electrons. The lowest BCUT2D eigenvalue weighted by molar-refractivity contribution is 0.491. The van der Waals surface area contributed by atoms with Crippen LogP contribution >= 0.6 is 11.6 Å². The summed E-state index contributed by atoms with van der Waals surface area (Å²) in [5.41, 5.74) is 11.6. The molecule has 64 heavy (non-hydrogen) atoms. The molecular formula is C60H58ClNO2. The van der Waals surface area contributed by atoms with E-state index in [4.69, 9.17) is 20.4 Å². The first kappa shape index (κ1) is 42.0. The Morgan fingerprint density at radius 3 is 1.67 bits per heavy atom. The maximum Gasteiger partial charge on any atom is 0.137 e. The number of unbranched alkanes of at least 4 members (excludes halogenated alkanes) is 8. The van der Waals surface area contributed by atoms with Crippen molar-refractivity contribution in [2.75, 3.05) is 4.90 Å². The highest BCUT2D eigenvalue weighted by molar-refractivity contribution is 6.17. The van der Waals surface area contributed by atoms with E-state index in [1.165, 1.54) is 110 Å². The number of hydrogen-bond donors (Lipinski definition) is 0. The average Bonchev–Trinajstić information content (AvgIpc) is 3.90. The number of halogens is 1. The largest absolute Gasteiger partial charge is 0.456 e. The van der Waals surface area contributed by atoms with Gasteiger partial charge in [0.25, 0.3) is 0 Å². The number of hydrogen-bond acceptors (Lipinski definition) is 3. The number of furan rings is 2. The average molecular weight is 861 g/mol. The molecule has 322 valence electrons. The lowest BCUT2D eigenvalue weighted by Crippen LogP contribution is -2.10. The highest BCUT2D eigenvalue weighted by Gasteiger charge is 2.22. The highest BCUT2D eigenvalue weighted by Crippen LogP contribution is 2.45. The lowest BCUT2D eigenvalue weighted by atomic mass is 9.87. The molecule has 4 heteroatoms. The molecule has 2 heterocycles. The molecular weight excluding hydrogens is 802 g/mol. The van der Waals surface area contributed by atoms with Crippen molar-refractivity contribution in [3.05, 3.63) is 163 Å². The minimum Gasteiger partial charge on any atom is -0.456 e. The number of rotatable bonds is 18. The SMILES string of the molecule is CCCCCCCCC(CCCCCC)c1ccc2oc3cc(N(c4ccc5c(c4)oc4ccc(-c6ccc(CCl)cc6)cc45)c4cc5ccccc5c5ccccc45)ccc3c2c1. The Kier molecular flexibility index (Phi) is 12.4. The van der Waals surface area contributed by atoms with Crippen LogP contribution in [0.25, 0.3) is 76.5 Å². The molecule has 0 saturated heterocycles. The van der Waals surface area contributed by atoms with Crippen LogP contribution in [0.2, 0.25) is 0 Å². The molecule has 0 aliphatic rings. The van der Waals surface area contributed by atoms with Crippen molar-refractivity contribution in [2.24, 2.45) is 0 Å². The van der Waals surface area contributed by atoms with Crippen LogP contribution in [0.5, 0.6) is 0 Å². The van der Waals surface area contributed by atoms with E-state index in [1.807, 2.05) is 0 Å². The zero-order valence-corrected chi connectivity index (χ0v) is 38.1. The van der Waals surface area contributed by atoms with Crippen LogP contribution < -0.4 is 4.90 Å². The molecule has 0 bridgehead atoms. The number of fused-ring (bicyclic) bond motifs is 9. The van der Waals surface area contributed by atoms with Gasteiger partial charge in [-0.25, -0.2) is 0 Å². The van der Waals surface area contributed by atoms with Gasteiger partial charge in [-0.1, -0.05) is 163 Å². The van der Waals surface area contributed by atoms with Gasteiger partial charge in [0, 0.05) is 56.3 Å². The summed E-state index contributed by atoms with van der Waals surface area (Å²) in [4.78, 5) is 2.39. The van der Waals surface area contributed by atoms with E-state index >= 15 is 0 Å². The van der Waals surface area contributed by atoms with Gasteiger partial charge >= 0.3 is 0 Å². The van der Waals surface area contributed by atoms with Crippen molar-refractivity contribution in [1.29, 1.82) is 0 Å². The van der Waals surface area contributed by atoms with E-state index in [9.17, 15) is 0 Å². The normalized spacial score (nSPS) is 12.4. The lowest BCUT2D eigenvalue weighted by Gasteiger charge is -2.27. The summed E-state index contributed by atoms with van der Waals surface area (Å²) in [6, 6.07) is 55.3. The topological polar surface area (TPSA) is 29.5 Å². The third-order valence-corrected chi connectivity index (χ3v) is 14.0. The summed E-state index contributed by atoms with van der Waals surface area (Å²) in [5.74, 6) is 1.09. The molecule has 8 aromatic carbocycles. The highest BCUT2D eigenvalue weighted by atomic mass is 35.5. The second kappa shape index (κ2) is 19.0. The van der Waals surface area contributed by atoms with E-state index in [-0.39, 0.29) is 0 Å². The third kappa shape index (κ3) is 8.39. The third-order valence-electron chi connectivity index (χ3n) is 13.7. The summed E-state index contributed by atoms with van der Waals surface area (Å²) in [6.45, 7) is 4.60. The van der Waals surface area contributed by atoms with Gasteiger partial charge in [0.1, 0.15) is 22.3 Å². The molecule has 2 aromatic heterocycles. The van der Waals surface area contributed by atoms with E-state index in [0.29, 0.717) is 11.8 Å². The first-order chi connectivity index (χ1) is 31.6. The molecule has 10 rings (SSSR count). The fourth-order valence-corrected chi connectivity index (χ4v) is 10.3. The molecule has 0 saturated carbocycles. The van der Waals surface area contributed by atoms with Gasteiger partial charge in [-0.2, -0.15) is 0 Å². The van der Waals surface area contributed by atoms with Crippen molar-refractivity contribution in [3.8, 4) is 11.1 Å². The van der Waals surface area contributed by atoms with Gasteiger partial charge in [-0.05, 0) is 112 Å². The second-order valence-electron chi connectivity index (χ2n) is 18.0. The van der Waals surface area contributed by atoms with Crippen molar-refractivity contribution in [2.45, 2.75) is 103 Å². The van der Waals surface area contributed by atoms with E-state index in [0.717, 1.165) is 72.2 Å². The van der Waals surface area contributed by atoms with Gasteiger partial charge in [0.2, 0.25) is 0 Å². The molecule has 0 aliphatic carbocycles. The summed E-state index contributed by atoms with van der Waals surface area (Å²) >= 11 is 6.10. The van der Waals surface area contributed by atoms with Gasteiger partial charge in [0.15, 0.2) is 0 Å². The summed E-state index contributed by atoms with van der Waals surface area (Å²) in [5, 5.41) is 9.40. The first-order valence-electron chi connectivity index (χ1n) is 23.9. The van der Waals surface area contributed by atoms with Crippen molar-refractivity contribution >= 4 is 94.1 Å². The maximum atomic E-state index is 6.78. The Morgan fingerprint density at radius 2 is 1.00 bits per heavy atom. The van der Waals surface area contributed by atoms with Crippen LogP contribution in [0.1, 0.15) is 108 Å². The Labute approximate surface area is 382 Å². The molecule has 1 atom stereocenters. The predicted molar refractivity (Wildman–Crippen MR) is 275 cm³/mol. The van der Waals surface area contributed by atoms with Crippen LogP contribution in [0, 0.1) is 0 Å². The maximum absolute atomic E-state index is 6.78. The zero-order valence-electron chi connectivity index (χ0n) is 37.3. The number of nitrogens with zero attached hydrogens (tertiary/aromatic N) is 1. The molecule has 0 aliphatic heterocycles. The van der Waals surface area contributed by atoms with Gasteiger partial charge in [-0.3, -0.25) is 0 Å². The minimum atomic E-state index is 0.506. The molecule has 10 aromatic rings. The molecule has 0 N–H and O–H groups in total. The van der Waals surface area contributed by atoms with Crippen molar-refractivity contribution in [1.82, 2.24) is 0 Å². The fourth-order valence-electron chi connectivity index (χ4n) is 10.2. The van der Waals surface area contributed by atoms with Crippen molar-refractivity contribution in [3.63, 3.8) is 0 Å². The van der Waals surface area contributed by atoms with Gasteiger partial charge < -0.3 is 13.7 Å². The zero-order chi connectivity index (χ0) is 43.4. The Hall–Kier alpha value is -6.03. The van der Waals surface area contributed by atoms with E-state index in [2.05, 4.69) is 170 Å². The van der Waals surface area contributed by atoms with Gasteiger partial charge in [-0.15, -0.1) is 11.6 Å². The summed E-state index contributed by atoms with van der Waals surface area (Å²) < 4.78 is 13.4. The Bertz CT molecular complexity index is 3210. The smallest absolute Gasteiger partial charge is 0.137 e. The predicted octanol–water partition coefficient (Wildman–Crippen LogP) is 19.5. The molecule has 1 unspecified atom stereocenters. The standard InChI is InChI=1S/C60H58ClNO2/c1-3-5-7-9-10-12-18-42(17-11-8-6-4-2)44-27-33-57-54(35-44)52-31-29-47(38-59(52)63-57)62(56-37-46-19-13-14-20-49(46)50-21-15-16-22-51(50)56)48-30-32-53-55-36-45(28-34-58(55)64-60(53)39-48)43-25-23-41(40-61)24-26-43/h13-16,19-39,42H,3-12,17-18,40H2,1-2H3. The summed E-state index contributed by atoms with van der Waals surface area (Å²) in [7, 11) is 0. The molecule has 0 fully saturated rings.